The summed E-state index contributed by atoms with van der Waals surface area (Å²) in [6, 6.07) is 12.9. The molecule has 0 saturated carbocycles. The van der Waals surface area contributed by atoms with E-state index in [2.05, 4.69) is 10.3 Å². The Labute approximate surface area is 126 Å². The number of rotatable bonds is 4. The summed E-state index contributed by atoms with van der Waals surface area (Å²) in [5.41, 5.74) is 2.44. The third-order valence-electron chi connectivity index (χ3n) is 3.05. The van der Waals surface area contributed by atoms with Crippen LogP contribution in [0.15, 0.2) is 46.9 Å². The number of benzene rings is 2. The van der Waals surface area contributed by atoms with E-state index in [9.17, 15) is 4.79 Å². The average Bonchev–Trinajstić information content (AvgIpc) is 2.85. The number of amides is 1. The fourth-order valence-electron chi connectivity index (χ4n) is 2.15. The molecule has 0 saturated heterocycles. The Morgan fingerprint density at radius 3 is 2.82 bits per heavy atom. The number of carbonyl (C=O) groups is 1. The molecule has 22 heavy (non-hydrogen) atoms. The van der Waals surface area contributed by atoms with Crippen LogP contribution < -0.4 is 10.1 Å². The number of anilines is 1. The highest BCUT2D eigenvalue weighted by Gasteiger charge is 2.13. The molecule has 1 aromatic heterocycles. The number of hydrogen-bond donors (Lipinski definition) is 2. The molecule has 0 aliphatic heterocycles. The summed E-state index contributed by atoms with van der Waals surface area (Å²) < 4.78 is 11.3. The number of nitrogens with one attached hydrogen (secondary N) is 1. The van der Waals surface area contributed by atoms with Gasteiger partial charge in [0.25, 0.3) is 0 Å². The van der Waals surface area contributed by atoms with E-state index < -0.39 is 6.09 Å². The van der Waals surface area contributed by atoms with Gasteiger partial charge in [0.05, 0.1) is 5.69 Å². The number of aromatic nitrogens is 1. The Bertz CT molecular complexity index is 812. The predicted molar refractivity (Wildman–Crippen MR) is 81.2 cm³/mol. The Hall–Kier alpha value is -3.02. The third kappa shape index (κ3) is 3.01. The maximum atomic E-state index is 10.8. The second-order valence-electron chi connectivity index (χ2n) is 4.76. The maximum Gasteiger partial charge on any atom is 0.409 e. The van der Waals surface area contributed by atoms with Crippen LogP contribution in [0.4, 0.5) is 10.5 Å². The van der Waals surface area contributed by atoms with Gasteiger partial charge in [0.2, 0.25) is 0 Å². The van der Waals surface area contributed by atoms with Crippen molar-refractivity contribution >= 4 is 22.9 Å². The highest BCUT2D eigenvalue weighted by atomic mass is 16.5. The molecular weight excluding hydrogens is 284 g/mol. The van der Waals surface area contributed by atoms with Crippen LogP contribution >= 0.6 is 0 Å². The van der Waals surface area contributed by atoms with Crippen molar-refractivity contribution in [2.24, 2.45) is 0 Å². The predicted octanol–water partition coefficient (Wildman–Crippen LogP) is 3.81. The van der Waals surface area contributed by atoms with Gasteiger partial charge in [0.1, 0.15) is 12.1 Å². The van der Waals surface area contributed by atoms with Crippen LogP contribution in [-0.2, 0) is 6.61 Å². The Morgan fingerprint density at radius 1 is 1.32 bits per heavy atom. The van der Waals surface area contributed by atoms with Gasteiger partial charge in [0, 0.05) is 13.0 Å². The molecule has 0 aliphatic rings. The van der Waals surface area contributed by atoms with Gasteiger partial charge in [-0.15, -0.1) is 0 Å². The molecular formula is C16H14N2O4. The average molecular weight is 298 g/mol. The zero-order chi connectivity index (χ0) is 15.5. The summed E-state index contributed by atoms with van der Waals surface area (Å²) in [6.45, 7) is 2.08. The van der Waals surface area contributed by atoms with Crippen LogP contribution in [0.5, 0.6) is 5.75 Å². The quantitative estimate of drug-likeness (QED) is 0.765. The molecule has 1 amide bonds. The summed E-state index contributed by atoms with van der Waals surface area (Å²) in [4.78, 5) is 15.0. The van der Waals surface area contributed by atoms with E-state index in [-0.39, 0.29) is 0 Å². The van der Waals surface area contributed by atoms with Crippen molar-refractivity contribution in [3.8, 4) is 5.75 Å². The molecule has 0 aliphatic carbocycles. The van der Waals surface area contributed by atoms with E-state index in [1.165, 1.54) is 0 Å². The van der Waals surface area contributed by atoms with Crippen LogP contribution in [0.25, 0.3) is 11.1 Å². The van der Waals surface area contributed by atoms with Gasteiger partial charge < -0.3 is 14.3 Å². The fourth-order valence-corrected chi connectivity index (χ4v) is 2.15. The monoisotopic (exact) mass is 298 g/mol. The molecule has 6 nitrogen and oxygen atoms in total. The molecule has 1 heterocycles. The Balaban J connectivity index is 1.93. The topological polar surface area (TPSA) is 84.6 Å². The van der Waals surface area contributed by atoms with E-state index in [4.69, 9.17) is 14.3 Å². The van der Waals surface area contributed by atoms with Gasteiger partial charge in [-0.25, -0.2) is 9.78 Å². The minimum atomic E-state index is -1.14. The van der Waals surface area contributed by atoms with Crippen molar-refractivity contribution in [1.82, 2.24) is 4.98 Å². The molecule has 112 valence electrons. The van der Waals surface area contributed by atoms with Gasteiger partial charge >= 0.3 is 6.09 Å². The van der Waals surface area contributed by atoms with Crippen molar-refractivity contribution in [3.63, 3.8) is 0 Å². The summed E-state index contributed by atoms with van der Waals surface area (Å²) in [7, 11) is 0. The second-order valence-corrected chi connectivity index (χ2v) is 4.76. The lowest BCUT2D eigenvalue weighted by atomic mass is 10.2. The van der Waals surface area contributed by atoms with Gasteiger partial charge in [-0.2, -0.15) is 0 Å². The lowest BCUT2D eigenvalue weighted by molar-refractivity contribution is 0.209. The first-order valence-corrected chi connectivity index (χ1v) is 6.69. The maximum absolute atomic E-state index is 10.8. The molecule has 0 atom stereocenters. The minimum Gasteiger partial charge on any atom is -0.485 e. The Kier molecular flexibility index (Phi) is 3.65. The molecule has 0 bridgehead atoms. The Morgan fingerprint density at radius 2 is 2.09 bits per heavy atom. The van der Waals surface area contributed by atoms with Gasteiger partial charge in [-0.05, 0) is 11.6 Å². The zero-order valence-corrected chi connectivity index (χ0v) is 11.9. The lowest BCUT2D eigenvalue weighted by Gasteiger charge is -2.08. The van der Waals surface area contributed by atoms with Gasteiger partial charge in [0.15, 0.2) is 17.2 Å². The van der Waals surface area contributed by atoms with E-state index in [1.54, 1.807) is 19.1 Å². The number of carboxylic acid groups (broad SMARTS) is 1. The second kappa shape index (κ2) is 5.77. The van der Waals surface area contributed by atoms with E-state index in [1.807, 2.05) is 30.3 Å². The summed E-state index contributed by atoms with van der Waals surface area (Å²) in [5.74, 6) is 0.942. The number of fused-ring (bicyclic) bond motifs is 1. The third-order valence-corrected chi connectivity index (χ3v) is 3.05. The van der Waals surface area contributed by atoms with Crippen molar-refractivity contribution in [1.29, 1.82) is 0 Å². The van der Waals surface area contributed by atoms with Crippen LogP contribution in [0.2, 0.25) is 0 Å². The largest absolute Gasteiger partial charge is 0.485 e. The number of oxazole rings is 1. The molecule has 6 heteroatoms. The molecule has 0 radical (unpaired) electrons. The lowest BCUT2D eigenvalue weighted by Crippen LogP contribution is -2.07. The van der Waals surface area contributed by atoms with Gasteiger partial charge in [-0.1, -0.05) is 30.3 Å². The van der Waals surface area contributed by atoms with E-state index in [0.29, 0.717) is 35.0 Å². The highest BCUT2D eigenvalue weighted by Crippen LogP contribution is 2.31. The summed E-state index contributed by atoms with van der Waals surface area (Å²) in [6.07, 6.45) is -1.14. The summed E-state index contributed by atoms with van der Waals surface area (Å²) >= 11 is 0. The molecule has 2 aromatic carbocycles. The van der Waals surface area contributed by atoms with Crippen molar-refractivity contribution in [3.05, 3.63) is 53.9 Å². The number of aryl methyl sites for hydroxylation is 1. The van der Waals surface area contributed by atoms with Crippen LogP contribution in [-0.4, -0.2) is 16.2 Å². The van der Waals surface area contributed by atoms with Crippen LogP contribution in [0.3, 0.4) is 0 Å². The normalized spacial score (nSPS) is 10.6. The molecule has 0 unspecified atom stereocenters. The zero-order valence-electron chi connectivity index (χ0n) is 11.9. The fraction of sp³-hybridized carbons (Fsp3) is 0.125. The SMILES string of the molecule is Cc1nc2cc(NC(=O)O)cc(OCc3ccccc3)c2o1. The van der Waals surface area contributed by atoms with E-state index >= 15 is 0 Å². The highest BCUT2D eigenvalue weighted by molar-refractivity contribution is 5.90. The number of nitrogens with zero attached hydrogens (tertiary/aromatic N) is 1. The first kappa shape index (κ1) is 13.9. The van der Waals surface area contributed by atoms with Gasteiger partial charge in [-0.3, -0.25) is 5.32 Å². The van der Waals surface area contributed by atoms with Crippen LogP contribution in [0, 0.1) is 6.92 Å². The van der Waals surface area contributed by atoms with Crippen LogP contribution in [0.1, 0.15) is 11.5 Å². The molecule has 3 rings (SSSR count). The summed E-state index contributed by atoms with van der Waals surface area (Å²) in [5, 5.41) is 11.1. The van der Waals surface area contributed by atoms with Crippen molar-refractivity contribution < 1.29 is 19.1 Å². The molecule has 0 spiro atoms. The van der Waals surface area contributed by atoms with Crippen molar-refractivity contribution in [2.75, 3.05) is 5.32 Å². The standard InChI is InChI=1S/C16H14N2O4/c1-10-17-13-7-12(18-16(19)20)8-14(15(13)22-10)21-9-11-5-3-2-4-6-11/h2-8,18H,9H2,1H3,(H,19,20). The number of ether oxygens (including phenoxy) is 1. The smallest absolute Gasteiger partial charge is 0.409 e. The molecule has 0 fully saturated rings. The minimum absolute atomic E-state index is 0.353. The first-order chi connectivity index (χ1) is 10.6. The molecule has 2 N–H and O–H groups in total. The van der Waals surface area contributed by atoms with E-state index in [0.717, 1.165) is 5.56 Å². The number of hydrogen-bond acceptors (Lipinski definition) is 4. The first-order valence-electron chi connectivity index (χ1n) is 6.69. The van der Waals surface area contributed by atoms with Crippen molar-refractivity contribution in [2.45, 2.75) is 13.5 Å². The molecule has 3 aromatic rings.